The Morgan fingerprint density at radius 2 is 1.71 bits per heavy atom. The van der Waals surface area contributed by atoms with Gasteiger partial charge >= 0.3 is 0 Å². The molecule has 24 heavy (non-hydrogen) atoms. The largest absolute Gasteiger partial charge is 0.349 e. The number of hydrogen-bond acceptors (Lipinski definition) is 3. The van der Waals surface area contributed by atoms with E-state index in [1.54, 1.807) is 6.08 Å². The minimum atomic E-state index is -3.63. The van der Waals surface area contributed by atoms with Crippen LogP contribution in [-0.4, -0.2) is 20.9 Å². The lowest BCUT2D eigenvalue weighted by atomic mass is 10.2. The molecule has 0 aliphatic carbocycles. The second-order valence-electron chi connectivity index (χ2n) is 5.33. The molecule has 0 heterocycles. The molecular formula is C18H20N2O3S. The van der Waals surface area contributed by atoms with Crippen LogP contribution >= 0.6 is 0 Å². The number of sulfonamides is 1. The molecule has 2 aromatic carbocycles. The maximum absolute atomic E-state index is 12.3. The summed E-state index contributed by atoms with van der Waals surface area (Å²) in [6, 6.07) is 13.4. The van der Waals surface area contributed by atoms with E-state index in [0.29, 0.717) is 12.1 Å². The molecule has 0 aliphatic rings. The van der Waals surface area contributed by atoms with Gasteiger partial charge < -0.3 is 5.32 Å². The van der Waals surface area contributed by atoms with E-state index >= 15 is 0 Å². The molecular weight excluding hydrogens is 324 g/mol. The zero-order chi connectivity index (χ0) is 17.6. The average Bonchev–Trinajstić information content (AvgIpc) is 2.59. The summed E-state index contributed by atoms with van der Waals surface area (Å²) in [5.41, 5.74) is 2.39. The summed E-state index contributed by atoms with van der Waals surface area (Å²) in [7, 11) is -3.63. The Kier molecular flexibility index (Phi) is 5.89. The second kappa shape index (κ2) is 7.90. The van der Waals surface area contributed by atoms with Crippen molar-refractivity contribution >= 4 is 15.9 Å². The second-order valence-corrected chi connectivity index (χ2v) is 7.10. The molecule has 0 radical (unpaired) electrons. The van der Waals surface area contributed by atoms with E-state index in [4.69, 9.17) is 0 Å². The van der Waals surface area contributed by atoms with Gasteiger partial charge in [-0.3, -0.25) is 4.79 Å². The molecule has 0 aromatic heterocycles. The Labute approximate surface area is 142 Å². The van der Waals surface area contributed by atoms with Gasteiger partial charge in [-0.2, -0.15) is 0 Å². The standard InChI is InChI=1S/C18H20N2O3S/c1-3-12-19-18(21)16-8-10-17(11-9-16)24(22,23)20-13-15-6-4-14(2)5-7-15/h3-11,20H,1,12-13H2,2H3,(H,19,21). The predicted molar refractivity (Wildman–Crippen MR) is 94.2 cm³/mol. The van der Waals surface area contributed by atoms with Crippen molar-refractivity contribution < 1.29 is 13.2 Å². The third-order valence-electron chi connectivity index (χ3n) is 3.42. The summed E-state index contributed by atoms with van der Waals surface area (Å²) >= 11 is 0. The van der Waals surface area contributed by atoms with Crippen LogP contribution in [0.15, 0.2) is 66.1 Å². The van der Waals surface area contributed by atoms with Crippen LogP contribution in [0.4, 0.5) is 0 Å². The lowest BCUT2D eigenvalue weighted by Gasteiger charge is -2.08. The summed E-state index contributed by atoms with van der Waals surface area (Å²) in [4.78, 5) is 11.9. The monoisotopic (exact) mass is 344 g/mol. The molecule has 2 N–H and O–H groups in total. The fraction of sp³-hybridized carbons (Fsp3) is 0.167. The Morgan fingerprint density at radius 1 is 1.08 bits per heavy atom. The number of hydrogen-bond donors (Lipinski definition) is 2. The Balaban J connectivity index is 2.04. The lowest BCUT2D eigenvalue weighted by molar-refractivity contribution is 0.0958. The third-order valence-corrected chi connectivity index (χ3v) is 4.84. The molecule has 2 aromatic rings. The lowest BCUT2D eigenvalue weighted by Crippen LogP contribution is -2.24. The number of carbonyl (C=O) groups excluding carboxylic acids is 1. The van der Waals surface area contributed by atoms with Crippen molar-refractivity contribution in [2.75, 3.05) is 6.54 Å². The summed E-state index contributed by atoms with van der Waals surface area (Å²) in [5.74, 6) is -0.272. The third kappa shape index (κ3) is 4.78. The maximum atomic E-state index is 12.3. The summed E-state index contributed by atoms with van der Waals surface area (Å²) < 4.78 is 27.2. The normalized spacial score (nSPS) is 11.0. The number of carbonyl (C=O) groups is 1. The zero-order valence-electron chi connectivity index (χ0n) is 13.5. The first-order chi connectivity index (χ1) is 11.4. The highest BCUT2D eigenvalue weighted by atomic mass is 32.2. The van der Waals surface area contributed by atoms with Crippen molar-refractivity contribution in [1.29, 1.82) is 0 Å². The number of amides is 1. The van der Waals surface area contributed by atoms with Crippen molar-refractivity contribution in [3.8, 4) is 0 Å². The van der Waals surface area contributed by atoms with Crippen LogP contribution in [0.5, 0.6) is 0 Å². The van der Waals surface area contributed by atoms with E-state index in [-0.39, 0.29) is 17.3 Å². The minimum Gasteiger partial charge on any atom is -0.349 e. The molecule has 0 spiro atoms. The molecule has 0 fully saturated rings. The van der Waals surface area contributed by atoms with Gasteiger partial charge in [0.1, 0.15) is 0 Å². The zero-order valence-corrected chi connectivity index (χ0v) is 14.3. The highest BCUT2D eigenvalue weighted by Gasteiger charge is 2.14. The SMILES string of the molecule is C=CCNC(=O)c1ccc(S(=O)(=O)NCc2ccc(C)cc2)cc1. The first-order valence-corrected chi connectivity index (χ1v) is 8.95. The van der Waals surface area contributed by atoms with Gasteiger partial charge in [-0.25, -0.2) is 13.1 Å². The van der Waals surface area contributed by atoms with Crippen LogP contribution in [0.2, 0.25) is 0 Å². The van der Waals surface area contributed by atoms with Crippen LogP contribution in [0, 0.1) is 6.92 Å². The molecule has 0 atom stereocenters. The van der Waals surface area contributed by atoms with Gasteiger partial charge in [0.15, 0.2) is 0 Å². The van der Waals surface area contributed by atoms with E-state index in [1.165, 1.54) is 24.3 Å². The molecule has 0 aliphatic heterocycles. The van der Waals surface area contributed by atoms with Crippen LogP contribution in [0.25, 0.3) is 0 Å². The predicted octanol–water partition coefficient (Wildman–Crippen LogP) is 2.39. The fourth-order valence-corrected chi connectivity index (χ4v) is 3.04. The van der Waals surface area contributed by atoms with Crippen molar-refractivity contribution in [3.05, 3.63) is 77.9 Å². The van der Waals surface area contributed by atoms with E-state index in [0.717, 1.165) is 11.1 Å². The van der Waals surface area contributed by atoms with Crippen molar-refractivity contribution in [3.63, 3.8) is 0 Å². The van der Waals surface area contributed by atoms with Gasteiger partial charge in [0, 0.05) is 18.7 Å². The Bertz CT molecular complexity index is 810. The van der Waals surface area contributed by atoms with Gasteiger partial charge in [0.05, 0.1) is 4.90 Å². The molecule has 2 rings (SSSR count). The fourth-order valence-electron chi connectivity index (χ4n) is 2.02. The van der Waals surface area contributed by atoms with Crippen LogP contribution in [-0.2, 0) is 16.6 Å². The molecule has 0 unspecified atom stereocenters. The van der Waals surface area contributed by atoms with Crippen LogP contribution in [0.1, 0.15) is 21.5 Å². The quantitative estimate of drug-likeness (QED) is 0.757. The topological polar surface area (TPSA) is 75.3 Å². The minimum absolute atomic E-state index is 0.120. The van der Waals surface area contributed by atoms with Gasteiger partial charge in [0.25, 0.3) is 5.91 Å². The smallest absolute Gasteiger partial charge is 0.251 e. The van der Waals surface area contributed by atoms with E-state index < -0.39 is 10.0 Å². The van der Waals surface area contributed by atoms with Crippen LogP contribution < -0.4 is 10.0 Å². The van der Waals surface area contributed by atoms with Crippen molar-refractivity contribution in [1.82, 2.24) is 10.0 Å². The molecule has 0 bridgehead atoms. The first-order valence-electron chi connectivity index (χ1n) is 7.47. The molecule has 1 amide bonds. The average molecular weight is 344 g/mol. The van der Waals surface area contributed by atoms with Gasteiger partial charge in [-0.15, -0.1) is 6.58 Å². The number of benzene rings is 2. The summed E-state index contributed by atoms with van der Waals surface area (Å²) in [6.45, 7) is 6.06. The molecule has 0 saturated heterocycles. The van der Waals surface area contributed by atoms with E-state index in [2.05, 4.69) is 16.6 Å². The van der Waals surface area contributed by atoms with Crippen molar-refractivity contribution in [2.45, 2.75) is 18.4 Å². The highest BCUT2D eigenvalue weighted by Crippen LogP contribution is 2.12. The molecule has 5 nitrogen and oxygen atoms in total. The number of nitrogens with one attached hydrogen (secondary N) is 2. The van der Waals surface area contributed by atoms with E-state index in [9.17, 15) is 13.2 Å². The number of rotatable bonds is 7. The summed E-state index contributed by atoms with van der Waals surface area (Å²) in [5, 5.41) is 2.64. The number of aryl methyl sites for hydroxylation is 1. The Hall–Kier alpha value is -2.44. The van der Waals surface area contributed by atoms with E-state index in [1.807, 2.05) is 31.2 Å². The highest BCUT2D eigenvalue weighted by molar-refractivity contribution is 7.89. The molecule has 126 valence electrons. The first kappa shape index (κ1) is 17.9. The van der Waals surface area contributed by atoms with Gasteiger partial charge in [-0.1, -0.05) is 35.9 Å². The summed E-state index contributed by atoms with van der Waals surface area (Å²) in [6.07, 6.45) is 1.58. The Morgan fingerprint density at radius 3 is 2.29 bits per heavy atom. The maximum Gasteiger partial charge on any atom is 0.251 e. The van der Waals surface area contributed by atoms with Crippen molar-refractivity contribution in [2.24, 2.45) is 0 Å². The molecule has 0 saturated carbocycles. The van der Waals surface area contributed by atoms with Crippen LogP contribution in [0.3, 0.4) is 0 Å². The van der Waals surface area contributed by atoms with Gasteiger partial charge in [-0.05, 0) is 36.8 Å². The van der Waals surface area contributed by atoms with Gasteiger partial charge in [0.2, 0.25) is 10.0 Å². The molecule has 6 heteroatoms.